The normalized spacial score (nSPS) is 21.8. The van der Waals surface area contributed by atoms with Gasteiger partial charge in [0.05, 0.1) is 19.2 Å². The molecule has 0 saturated carbocycles. The van der Waals surface area contributed by atoms with Crippen LogP contribution in [0.3, 0.4) is 0 Å². The molecule has 1 aromatic carbocycles. The number of aliphatic hydroxyl groups is 1. The Morgan fingerprint density at radius 1 is 1.29 bits per heavy atom. The summed E-state index contributed by atoms with van der Waals surface area (Å²) in [7, 11) is 0. The third-order valence-corrected chi connectivity index (χ3v) is 3.88. The summed E-state index contributed by atoms with van der Waals surface area (Å²) in [6.45, 7) is -0.0981. The Balaban J connectivity index is 1.76. The molecule has 2 unspecified atom stereocenters. The second-order valence-corrected chi connectivity index (χ2v) is 5.98. The van der Waals surface area contributed by atoms with E-state index in [-0.39, 0.29) is 12.6 Å². The van der Waals surface area contributed by atoms with Crippen molar-refractivity contribution in [3.05, 3.63) is 35.9 Å². The first kappa shape index (κ1) is 18.7. The molecule has 134 valence electrons. The second kappa shape index (κ2) is 8.46. The summed E-state index contributed by atoms with van der Waals surface area (Å²) < 4.78 is 36.0. The first-order chi connectivity index (χ1) is 11.3. The number of benzene rings is 1. The van der Waals surface area contributed by atoms with Crippen LogP contribution in [0.25, 0.3) is 0 Å². The summed E-state index contributed by atoms with van der Waals surface area (Å²) >= 11 is 0. The van der Waals surface area contributed by atoms with Gasteiger partial charge in [-0.15, -0.1) is 0 Å². The van der Waals surface area contributed by atoms with Crippen molar-refractivity contribution in [1.82, 2.24) is 15.5 Å². The first-order valence-corrected chi connectivity index (χ1v) is 7.83. The Morgan fingerprint density at radius 3 is 2.67 bits per heavy atom. The SMILES string of the molecule is O=C(CNCC(F)(F)F)NCC1CC(O)CN1Cc1ccccc1. The zero-order valence-electron chi connectivity index (χ0n) is 13.2. The molecule has 0 aliphatic carbocycles. The maximum Gasteiger partial charge on any atom is 0.401 e. The van der Waals surface area contributed by atoms with E-state index in [1.165, 1.54) is 0 Å². The van der Waals surface area contributed by atoms with Gasteiger partial charge in [-0.2, -0.15) is 13.2 Å². The monoisotopic (exact) mass is 345 g/mol. The Morgan fingerprint density at radius 2 is 2.00 bits per heavy atom. The molecule has 1 fully saturated rings. The summed E-state index contributed by atoms with van der Waals surface area (Å²) in [5.74, 6) is -0.486. The lowest BCUT2D eigenvalue weighted by molar-refractivity contribution is -0.128. The number of likely N-dealkylation sites (tertiary alicyclic amines) is 1. The van der Waals surface area contributed by atoms with Crippen molar-refractivity contribution in [1.29, 1.82) is 0 Å². The number of hydrogen-bond donors (Lipinski definition) is 3. The summed E-state index contributed by atoms with van der Waals surface area (Å²) in [6.07, 6.45) is -4.26. The van der Waals surface area contributed by atoms with Gasteiger partial charge in [-0.3, -0.25) is 9.69 Å². The van der Waals surface area contributed by atoms with Crippen LogP contribution < -0.4 is 10.6 Å². The maximum atomic E-state index is 12.0. The van der Waals surface area contributed by atoms with Crippen LogP contribution in [0.1, 0.15) is 12.0 Å². The Hall–Kier alpha value is -1.64. The minimum Gasteiger partial charge on any atom is -0.392 e. The highest BCUT2D eigenvalue weighted by Gasteiger charge is 2.31. The fourth-order valence-electron chi connectivity index (χ4n) is 2.79. The number of alkyl halides is 3. The average Bonchev–Trinajstić information content (AvgIpc) is 2.84. The van der Waals surface area contributed by atoms with E-state index in [9.17, 15) is 23.1 Å². The minimum absolute atomic E-state index is 0.0354. The lowest BCUT2D eigenvalue weighted by atomic mass is 10.1. The van der Waals surface area contributed by atoms with Gasteiger partial charge in [0.2, 0.25) is 5.91 Å². The third kappa shape index (κ3) is 6.46. The van der Waals surface area contributed by atoms with E-state index in [0.717, 1.165) is 5.56 Å². The number of hydrogen-bond acceptors (Lipinski definition) is 4. The Kier molecular flexibility index (Phi) is 6.59. The number of rotatable bonds is 7. The molecule has 8 heteroatoms. The van der Waals surface area contributed by atoms with Crippen molar-refractivity contribution in [2.75, 3.05) is 26.2 Å². The van der Waals surface area contributed by atoms with Crippen LogP contribution in [0, 0.1) is 0 Å². The van der Waals surface area contributed by atoms with Crippen molar-refractivity contribution >= 4 is 5.91 Å². The van der Waals surface area contributed by atoms with Gasteiger partial charge in [-0.05, 0) is 12.0 Å². The number of nitrogens with one attached hydrogen (secondary N) is 2. The van der Waals surface area contributed by atoms with E-state index < -0.39 is 24.7 Å². The van der Waals surface area contributed by atoms with Crippen LogP contribution in [0.4, 0.5) is 13.2 Å². The molecule has 2 atom stereocenters. The predicted octanol–water partition coefficient (Wildman–Crippen LogP) is 0.890. The topological polar surface area (TPSA) is 64.6 Å². The smallest absolute Gasteiger partial charge is 0.392 e. The van der Waals surface area contributed by atoms with Gasteiger partial charge in [0.25, 0.3) is 0 Å². The molecular weight excluding hydrogens is 323 g/mol. The lowest BCUT2D eigenvalue weighted by Crippen LogP contribution is -2.43. The Labute approximate surface area is 138 Å². The minimum atomic E-state index is -4.33. The fraction of sp³-hybridized carbons (Fsp3) is 0.562. The van der Waals surface area contributed by atoms with E-state index in [0.29, 0.717) is 26.1 Å². The molecule has 5 nitrogen and oxygen atoms in total. The van der Waals surface area contributed by atoms with Crippen LogP contribution in [-0.4, -0.2) is 60.4 Å². The number of nitrogens with zero attached hydrogens (tertiary/aromatic N) is 1. The van der Waals surface area contributed by atoms with Gasteiger partial charge >= 0.3 is 6.18 Å². The van der Waals surface area contributed by atoms with Gasteiger partial charge in [0.15, 0.2) is 0 Å². The van der Waals surface area contributed by atoms with Gasteiger partial charge < -0.3 is 15.7 Å². The molecular formula is C16H22F3N3O2. The number of β-amino-alcohol motifs (C(OH)–C–C–N with tert-alkyl or cyclic N) is 1. The molecule has 1 amide bonds. The van der Waals surface area contributed by atoms with Crippen LogP contribution in [0.15, 0.2) is 30.3 Å². The van der Waals surface area contributed by atoms with E-state index in [2.05, 4.69) is 15.5 Å². The molecule has 0 radical (unpaired) electrons. The molecule has 1 aliphatic heterocycles. The standard InChI is InChI=1S/C16H22F3N3O2/c17-16(18,19)11-20-8-15(24)21-7-13-6-14(23)10-22(13)9-12-4-2-1-3-5-12/h1-5,13-14,20,23H,6-11H2,(H,21,24). The van der Waals surface area contributed by atoms with Crippen LogP contribution in [0.5, 0.6) is 0 Å². The highest BCUT2D eigenvalue weighted by atomic mass is 19.4. The molecule has 1 aliphatic rings. The average molecular weight is 345 g/mol. The number of halogens is 3. The van der Waals surface area contributed by atoms with E-state index in [1.54, 1.807) is 0 Å². The van der Waals surface area contributed by atoms with E-state index in [1.807, 2.05) is 30.3 Å². The highest BCUT2D eigenvalue weighted by molar-refractivity contribution is 5.78. The van der Waals surface area contributed by atoms with Crippen LogP contribution in [-0.2, 0) is 11.3 Å². The van der Waals surface area contributed by atoms with E-state index >= 15 is 0 Å². The molecule has 24 heavy (non-hydrogen) atoms. The third-order valence-electron chi connectivity index (χ3n) is 3.88. The van der Waals surface area contributed by atoms with Crippen molar-refractivity contribution in [2.24, 2.45) is 0 Å². The summed E-state index contributed by atoms with van der Waals surface area (Å²) in [6, 6.07) is 9.74. The summed E-state index contributed by atoms with van der Waals surface area (Å²) in [5, 5.41) is 14.5. The van der Waals surface area contributed by atoms with Gasteiger partial charge in [0, 0.05) is 25.7 Å². The van der Waals surface area contributed by atoms with Crippen molar-refractivity contribution in [3.63, 3.8) is 0 Å². The summed E-state index contributed by atoms with van der Waals surface area (Å²) in [5.41, 5.74) is 1.11. The van der Waals surface area contributed by atoms with Gasteiger partial charge in [0.1, 0.15) is 0 Å². The Bertz CT molecular complexity index is 525. The first-order valence-electron chi connectivity index (χ1n) is 7.83. The van der Waals surface area contributed by atoms with Crippen LogP contribution in [0.2, 0.25) is 0 Å². The van der Waals surface area contributed by atoms with Gasteiger partial charge in [-0.1, -0.05) is 30.3 Å². The fourth-order valence-corrected chi connectivity index (χ4v) is 2.79. The lowest BCUT2D eigenvalue weighted by Gasteiger charge is -2.24. The van der Waals surface area contributed by atoms with Crippen molar-refractivity contribution in [3.8, 4) is 0 Å². The quantitative estimate of drug-likeness (QED) is 0.687. The summed E-state index contributed by atoms with van der Waals surface area (Å²) in [4.78, 5) is 13.7. The van der Waals surface area contributed by atoms with E-state index in [4.69, 9.17) is 0 Å². The number of carbonyl (C=O) groups is 1. The zero-order chi connectivity index (χ0) is 17.6. The number of amides is 1. The van der Waals surface area contributed by atoms with Crippen molar-refractivity contribution in [2.45, 2.75) is 31.3 Å². The molecule has 1 saturated heterocycles. The number of carbonyl (C=O) groups excluding carboxylic acids is 1. The predicted molar refractivity (Wildman–Crippen MR) is 83.2 cm³/mol. The molecule has 0 bridgehead atoms. The zero-order valence-corrected chi connectivity index (χ0v) is 13.2. The number of aliphatic hydroxyl groups excluding tert-OH is 1. The highest BCUT2D eigenvalue weighted by Crippen LogP contribution is 2.20. The largest absolute Gasteiger partial charge is 0.401 e. The molecule has 0 aromatic heterocycles. The van der Waals surface area contributed by atoms with Crippen molar-refractivity contribution < 1.29 is 23.1 Å². The molecule has 1 heterocycles. The maximum absolute atomic E-state index is 12.0. The molecule has 1 aromatic rings. The molecule has 3 N–H and O–H groups in total. The van der Waals surface area contributed by atoms with Crippen LogP contribution >= 0.6 is 0 Å². The molecule has 2 rings (SSSR count). The van der Waals surface area contributed by atoms with Gasteiger partial charge in [-0.25, -0.2) is 0 Å². The second-order valence-electron chi connectivity index (χ2n) is 5.98. The molecule has 0 spiro atoms.